The van der Waals surface area contributed by atoms with Gasteiger partial charge in [-0.2, -0.15) is 0 Å². The molecule has 2 aromatic rings. The summed E-state index contributed by atoms with van der Waals surface area (Å²) in [6.45, 7) is 3.91. The van der Waals surface area contributed by atoms with Crippen LogP contribution in [0.5, 0.6) is 5.75 Å². The standard InChI is InChI=1S/C21H26N2O2/c1-14-12-22-13-15(2)20(14)23-21(24)17-8-9-19(25-3)18(11-17)10-16-6-4-5-7-16/h8-9,11-13,16H,4-7,10H2,1-3H3,(H,22,23,24). The molecule has 1 N–H and O–H groups in total. The number of methoxy groups -OCH3 is 1. The lowest BCUT2D eigenvalue weighted by Gasteiger charge is -2.15. The van der Waals surface area contributed by atoms with Crippen LogP contribution in [0.4, 0.5) is 5.69 Å². The molecule has 4 nitrogen and oxygen atoms in total. The number of benzene rings is 1. The van der Waals surface area contributed by atoms with Gasteiger partial charge in [0, 0.05) is 23.6 Å². The minimum Gasteiger partial charge on any atom is -0.496 e. The number of aryl methyl sites for hydroxylation is 2. The van der Waals surface area contributed by atoms with Gasteiger partial charge in [-0.05, 0) is 61.1 Å². The summed E-state index contributed by atoms with van der Waals surface area (Å²) >= 11 is 0. The van der Waals surface area contributed by atoms with Gasteiger partial charge in [-0.1, -0.05) is 25.7 Å². The Labute approximate surface area is 149 Å². The lowest BCUT2D eigenvalue weighted by atomic mass is 9.96. The summed E-state index contributed by atoms with van der Waals surface area (Å²) < 4.78 is 5.51. The third-order valence-electron chi connectivity index (χ3n) is 5.09. The average Bonchev–Trinajstić information content (AvgIpc) is 3.11. The molecule has 0 radical (unpaired) electrons. The highest BCUT2D eigenvalue weighted by Gasteiger charge is 2.19. The second-order valence-electron chi connectivity index (χ2n) is 6.98. The highest BCUT2D eigenvalue weighted by Crippen LogP contribution is 2.32. The highest BCUT2D eigenvalue weighted by molar-refractivity contribution is 6.05. The zero-order valence-electron chi connectivity index (χ0n) is 15.3. The molecule has 25 heavy (non-hydrogen) atoms. The molecule has 1 saturated carbocycles. The van der Waals surface area contributed by atoms with Gasteiger partial charge < -0.3 is 10.1 Å². The van der Waals surface area contributed by atoms with Crippen molar-refractivity contribution in [3.8, 4) is 5.75 Å². The van der Waals surface area contributed by atoms with E-state index in [0.717, 1.165) is 34.5 Å². The Morgan fingerprint density at radius 2 is 1.88 bits per heavy atom. The summed E-state index contributed by atoms with van der Waals surface area (Å²) in [7, 11) is 1.69. The molecule has 0 unspecified atom stereocenters. The summed E-state index contributed by atoms with van der Waals surface area (Å²) in [5.74, 6) is 1.49. The molecule has 1 heterocycles. The Morgan fingerprint density at radius 3 is 2.52 bits per heavy atom. The maximum atomic E-state index is 12.7. The summed E-state index contributed by atoms with van der Waals surface area (Å²) in [5.41, 5.74) is 4.57. The van der Waals surface area contributed by atoms with Gasteiger partial charge >= 0.3 is 0 Å². The molecule has 1 aromatic heterocycles. The van der Waals surface area contributed by atoms with Gasteiger partial charge in [0.1, 0.15) is 5.75 Å². The van der Waals surface area contributed by atoms with Gasteiger partial charge in [0.15, 0.2) is 0 Å². The fourth-order valence-corrected chi connectivity index (χ4v) is 3.69. The quantitative estimate of drug-likeness (QED) is 0.860. The van der Waals surface area contributed by atoms with Crippen LogP contribution >= 0.6 is 0 Å². The fraction of sp³-hybridized carbons (Fsp3) is 0.429. The van der Waals surface area contributed by atoms with E-state index in [2.05, 4.69) is 10.3 Å². The van der Waals surface area contributed by atoms with Gasteiger partial charge in [0.25, 0.3) is 5.91 Å². The van der Waals surface area contributed by atoms with E-state index in [-0.39, 0.29) is 5.91 Å². The molecule has 3 rings (SSSR count). The van der Waals surface area contributed by atoms with Crippen molar-refractivity contribution in [3.05, 3.63) is 52.8 Å². The van der Waals surface area contributed by atoms with Crippen LogP contribution in [0.2, 0.25) is 0 Å². The number of anilines is 1. The van der Waals surface area contributed by atoms with E-state index in [1.165, 1.54) is 25.7 Å². The number of carbonyl (C=O) groups excluding carboxylic acids is 1. The first-order valence-corrected chi connectivity index (χ1v) is 8.98. The maximum absolute atomic E-state index is 12.7. The van der Waals surface area contributed by atoms with E-state index in [1.807, 2.05) is 32.0 Å². The molecular weight excluding hydrogens is 312 g/mol. The number of rotatable bonds is 5. The van der Waals surface area contributed by atoms with Crippen molar-refractivity contribution in [1.82, 2.24) is 4.98 Å². The predicted octanol–water partition coefficient (Wildman–Crippen LogP) is 4.69. The third-order valence-corrected chi connectivity index (χ3v) is 5.09. The first kappa shape index (κ1) is 17.5. The Morgan fingerprint density at radius 1 is 1.20 bits per heavy atom. The molecule has 1 fully saturated rings. The zero-order chi connectivity index (χ0) is 17.8. The smallest absolute Gasteiger partial charge is 0.255 e. The molecule has 0 atom stereocenters. The van der Waals surface area contributed by atoms with Gasteiger partial charge in [-0.15, -0.1) is 0 Å². The number of hydrogen-bond donors (Lipinski definition) is 1. The first-order valence-electron chi connectivity index (χ1n) is 8.98. The van der Waals surface area contributed by atoms with Gasteiger partial charge in [-0.3, -0.25) is 9.78 Å². The van der Waals surface area contributed by atoms with E-state index >= 15 is 0 Å². The molecule has 1 amide bonds. The molecule has 1 aliphatic carbocycles. The van der Waals surface area contributed by atoms with Crippen molar-refractivity contribution in [3.63, 3.8) is 0 Å². The van der Waals surface area contributed by atoms with Crippen LogP contribution in [0.1, 0.15) is 52.7 Å². The number of carbonyl (C=O) groups is 1. The summed E-state index contributed by atoms with van der Waals surface area (Å²) in [4.78, 5) is 16.9. The SMILES string of the molecule is COc1ccc(C(=O)Nc2c(C)cncc2C)cc1CC1CCCC1. The van der Waals surface area contributed by atoms with Gasteiger partial charge in [0.05, 0.1) is 7.11 Å². The molecule has 1 aliphatic rings. The topological polar surface area (TPSA) is 51.2 Å². The van der Waals surface area contributed by atoms with Crippen molar-refractivity contribution in [2.24, 2.45) is 5.92 Å². The van der Waals surface area contributed by atoms with Crippen LogP contribution < -0.4 is 10.1 Å². The lowest BCUT2D eigenvalue weighted by Crippen LogP contribution is -2.15. The number of aromatic nitrogens is 1. The third kappa shape index (κ3) is 4.01. The van der Waals surface area contributed by atoms with Crippen LogP contribution in [0.15, 0.2) is 30.6 Å². The van der Waals surface area contributed by atoms with Crippen LogP contribution in [0.3, 0.4) is 0 Å². The molecule has 0 spiro atoms. The van der Waals surface area contributed by atoms with Crippen LogP contribution in [0, 0.1) is 19.8 Å². The molecule has 0 bridgehead atoms. The van der Waals surface area contributed by atoms with Gasteiger partial charge in [0.2, 0.25) is 0 Å². The fourth-order valence-electron chi connectivity index (χ4n) is 3.69. The molecular formula is C21H26N2O2. The molecule has 0 saturated heterocycles. The molecule has 132 valence electrons. The summed E-state index contributed by atoms with van der Waals surface area (Å²) in [6, 6.07) is 5.72. The maximum Gasteiger partial charge on any atom is 0.255 e. The van der Waals surface area contributed by atoms with E-state index in [0.29, 0.717) is 11.5 Å². The van der Waals surface area contributed by atoms with E-state index in [9.17, 15) is 4.79 Å². The first-order chi connectivity index (χ1) is 12.1. The lowest BCUT2D eigenvalue weighted by molar-refractivity contribution is 0.102. The molecule has 4 heteroatoms. The summed E-state index contributed by atoms with van der Waals surface area (Å²) in [6.07, 6.45) is 9.69. The van der Waals surface area contributed by atoms with Crippen LogP contribution in [0.25, 0.3) is 0 Å². The molecule has 0 aliphatic heterocycles. The normalized spacial score (nSPS) is 14.5. The minimum absolute atomic E-state index is 0.0901. The zero-order valence-corrected chi connectivity index (χ0v) is 15.3. The molecule has 1 aromatic carbocycles. The Kier molecular flexibility index (Phi) is 5.37. The predicted molar refractivity (Wildman–Crippen MR) is 100 cm³/mol. The van der Waals surface area contributed by atoms with Crippen molar-refractivity contribution in [2.45, 2.75) is 46.0 Å². The number of nitrogens with one attached hydrogen (secondary N) is 1. The van der Waals surface area contributed by atoms with Crippen LogP contribution in [-0.4, -0.2) is 18.0 Å². The van der Waals surface area contributed by atoms with Gasteiger partial charge in [-0.25, -0.2) is 0 Å². The Bertz CT molecular complexity index is 744. The van der Waals surface area contributed by atoms with Crippen molar-refractivity contribution in [1.29, 1.82) is 0 Å². The Balaban J connectivity index is 1.82. The Hall–Kier alpha value is -2.36. The van der Waals surface area contributed by atoms with Crippen molar-refractivity contribution >= 4 is 11.6 Å². The number of amides is 1. The van der Waals surface area contributed by atoms with Crippen LogP contribution in [-0.2, 0) is 6.42 Å². The number of hydrogen-bond acceptors (Lipinski definition) is 3. The monoisotopic (exact) mass is 338 g/mol. The number of ether oxygens (including phenoxy) is 1. The van der Waals surface area contributed by atoms with Crippen molar-refractivity contribution in [2.75, 3.05) is 12.4 Å². The largest absolute Gasteiger partial charge is 0.496 e. The second kappa shape index (κ2) is 7.68. The number of nitrogens with zero attached hydrogens (tertiary/aromatic N) is 1. The van der Waals surface area contributed by atoms with E-state index < -0.39 is 0 Å². The second-order valence-corrected chi connectivity index (χ2v) is 6.98. The number of pyridine rings is 1. The van der Waals surface area contributed by atoms with Crippen molar-refractivity contribution < 1.29 is 9.53 Å². The van der Waals surface area contributed by atoms with E-state index in [4.69, 9.17) is 4.74 Å². The minimum atomic E-state index is -0.0901. The van der Waals surface area contributed by atoms with E-state index in [1.54, 1.807) is 19.5 Å². The summed E-state index contributed by atoms with van der Waals surface area (Å²) in [5, 5.41) is 3.03. The average molecular weight is 338 g/mol. The highest BCUT2D eigenvalue weighted by atomic mass is 16.5.